The van der Waals surface area contributed by atoms with Crippen LogP contribution in [0.25, 0.3) is 0 Å². The van der Waals surface area contributed by atoms with Crippen LogP contribution in [0.5, 0.6) is 0 Å². The standard InChI is InChI=1S/C17H21ClN4OS/c1-3-22(4-2)15-10-14(18)20-17(21-15)24-12-16(23)19-11-13-8-6-5-7-9-13/h5-10H,3-4,11-12H2,1-2H3,(H,19,23). The topological polar surface area (TPSA) is 58.1 Å². The van der Waals surface area contributed by atoms with Gasteiger partial charge in [-0.2, -0.15) is 0 Å². The lowest BCUT2D eigenvalue weighted by atomic mass is 10.2. The second-order valence-electron chi connectivity index (χ2n) is 5.05. The van der Waals surface area contributed by atoms with Crippen LogP contribution in [0.3, 0.4) is 0 Å². The Kier molecular flexibility index (Phi) is 7.34. The smallest absolute Gasteiger partial charge is 0.230 e. The number of nitrogens with one attached hydrogen (secondary N) is 1. The number of nitrogens with zero attached hydrogens (tertiary/aromatic N) is 3. The highest BCUT2D eigenvalue weighted by molar-refractivity contribution is 7.99. The van der Waals surface area contributed by atoms with Crippen LogP contribution >= 0.6 is 23.4 Å². The van der Waals surface area contributed by atoms with Gasteiger partial charge in [0.05, 0.1) is 5.75 Å². The molecular formula is C17H21ClN4OS. The monoisotopic (exact) mass is 364 g/mol. The number of hydrogen-bond acceptors (Lipinski definition) is 5. The van der Waals surface area contributed by atoms with E-state index in [1.165, 1.54) is 11.8 Å². The maximum atomic E-state index is 12.0. The fourth-order valence-electron chi connectivity index (χ4n) is 2.14. The molecule has 1 heterocycles. The maximum Gasteiger partial charge on any atom is 0.230 e. The Morgan fingerprint density at radius 3 is 2.58 bits per heavy atom. The van der Waals surface area contributed by atoms with Gasteiger partial charge in [0.25, 0.3) is 0 Å². The van der Waals surface area contributed by atoms with Crippen molar-refractivity contribution in [1.29, 1.82) is 0 Å². The minimum Gasteiger partial charge on any atom is -0.357 e. The fourth-order valence-corrected chi connectivity index (χ4v) is 3.05. The van der Waals surface area contributed by atoms with Gasteiger partial charge in [-0.15, -0.1) is 0 Å². The van der Waals surface area contributed by atoms with Gasteiger partial charge >= 0.3 is 0 Å². The number of halogens is 1. The van der Waals surface area contributed by atoms with Gasteiger partial charge in [0, 0.05) is 25.7 Å². The molecule has 0 saturated heterocycles. The number of amides is 1. The summed E-state index contributed by atoms with van der Waals surface area (Å²) in [6, 6.07) is 11.5. The molecule has 5 nitrogen and oxygen atoms in total. The zero-order valence-electron chi connectivity index (χ0n) is 13.8. The molecule has 0 bridgehead atoms. The molecule has 0 saturated carbocycles. The van der Waals surface area contributed by atoms with E-state index < -0.39 is 0 Å². The Morgan fingerprint density at radius 2 is 1.92 bits per heavy atom. The summed E-state index contributed by atoms with van der Waals surface area (Å²) in [5.41, 5.74) is 1.07. The van der Waals surface area contributed by atoms with Crippen LogP contribution in [0, 0.1) is 0 Å². The second kappa shape index (κ2) is 9.49. The van der Waals surface area contributed by atoms with Gasteiger partial charge in [-0.05, 0) is 19.4 Å². The van der Waals surface area contributed by atoms with Gasteiger partial charge in [-0.1, -0.05) is 53.7 Å². The van der Waals surface area contributed by atoms with Crippen molar-refractivity contribution in [2.75, 3.05) is 23.7 Å². The summed E-state index contributed by atoms with van der Waals surface area (Å²) < 4.78 is 0. The third kappa shape index (κ3) is 5.69. The van der Waals surface area contributed by atoms with Crippen molar-refractivity contribution in [1.82, 2.24) is 15.3 Å². The number of thioether (sulfide) groups is 1. The van der Waals surface area contributed by atoms with Gasteiger partial charge in [-0.25, -0.2) is 9.97 Å². The Bertz CT molecular complexity index is 665. The highest BCUT2D eigenvalue weighted by Gasteiger charge is 2.10. The zero-order chi connectivity index (χ0) is 17.4. The molecular weight excluding hydrogens is 344 g/mol. The van der Waals surface area contributed by atoms with E-state index in [1.54, 1.807) is 6.07 Å². The van der Waals surface area contributed by atoms with Crippen molar-refractivity contribution in [3.8, 4) is 0 Å². The lowest BCUT2D eigenvalue weighted by Gasteiger charge is -2.20. The molecule has 1 aromatic carbocycles. The predicted octanol–water partition coefficient (Wildman–Crippen LogP) is 3.38. The number of hydrogen-bond donors (Lipinski definition) is 1. The number of carbonyl (C=O) groups excluding carboxylic acids is 1. The summed E-state index contributed by atoms with van der Waals surface area (Å²) in [5, 5.41) is 3.79. The van der Waals surface area contributed by atoms with Crippen LogP contribution in [-0.2, 0) is 11.3 Å². The van der Waals surface area contributed by atoms with Crippen molar-refractivity contribution >= 4 is 35.1 Å². The maximum absolute atomic E-state index is 12.0. The lowest BCUT2D eigenvalue weighted by molar-refractivity contribution is -0.118. The van der Waals surface area contributed by atoms with Crippen molar-refractivity contribution in [3.63, 3.8) is 0 Å². The summed E-state index contributed by atoms with van der Waals surface area (Å²) >= 11 is 7.36. The van der Waals surface area contributed by atoms with E-state index >= 15 is 0 Å². The highest BCUT2D eigenvalue weighted by atomic mass is 35.5. The van der Waals surface area contributed by atoms with E-state index in [-0.39, 0.29) is 11.7 Å². The quantitative estimate of drug-likeness (QED) is 0.442. The SMILES string of the molecule is CCN(CC)c1cc(Cl)nc(SCC(=O)NCc2ccccc2)n1. The van der Waals surface area contributed by atoms with Crippen molar-refractivity contribution in [2.24, 2.45) is 0 Å². The molecule has 2 rings (SSSR count). The van der Waals surface area contributed by atoms with Gasteiger partial charge in [-0.3, -0.25) is 4.79 Å². The van der Waals surface area contributed by atoms with Crippen LogP contribution < -0.4 is 10.2 Å². The van der Waals surface area contributed by atoms with Gasteiger partial charge in [0.1, 0.15) is 11.0 Å². The van der Waals surface area contributed by atoms with Gasteiger partial charge in [0.15, 0.2) is 5.16 Å². The fraction of sp³-hybridized carbons (Fsp3) is 0.353. The van der Waals surface area contributed by atoms with Crippen LogP contribution in [0.4, 0.5) is 5.82 Å². The molecule has 2 aromatic rings. The normalized spacial score (nSPS) is 10.5. The number of benzene rings is 1. The van der Waals surface area contributed by atoms with E-state index in [2.05, 4.69) is 34.0 Å². The largest absolute Gasteiger partial charge is 0.357 e. The number of rotatable bonds is 8. The molecule has 0 fully saturated rings. The van der Waals surface area contributed by atoms with Gasteiger partial charge < -0.3 is 10.2 Å². The molecule has 24 heavy (non-hydrogen) atoms. The molecule has 128 valence electrons. The van der Waals surface area contributed by atoms with E-state index in [0.29, 0.717) is 16.9 Å². The first-order valence-corrected chi connectivity index (χ1v) is 9.21. The van der Waals surface area contributed by atoms with E-state index in [9.17, 15) is 4.79 Å². The lowest BCUT2D eigenvalue weighted by Crippen LogP contribution is -2.25. The third-order valence-corrected chi connectivity index (χ3v) is 4.45. The highest BCUT2D eigenvalue weighted by Crippen LogP contribution is 2.21. The predicted molar refractivity (Wildman–Crippen MR) is 99.6 cm³/mol. The van der Waals surface area contributed by atoms with Crippen LogP contribution in [-0.4, -0.2) is 34.7 Å². The molecule has 0 aliphatic rings. The Labute approximate surface area is 151 Å². The molecule has 1 aromatic heterocycles. The molecule has 0 radical (unpaired) electrons. The molecule has 0 atom stereocenters. The van der Waals surface area contributed by atoms with Crippen LogP contribution in [0.1, 0.15) is 19.4 Å². The van der Waals surface area contributed by atoms with Crippen LogP contribution in [0.15, 0.2) is 41.6 Å². The van der Waals surface area contributed by atoms with Crippen molar-refractivity contribution in [3.05, 3.63) is 47.1 Å². The number of aromatic nitrogens is 2. The Balaban J connectivity index is 1.90. The Hall–Kier alpha value is -1.79. The molecule has 0 aliphatic carbocycles. The Morgan fingerprint density at radius 1 is 1.21 bits per heavy atom. The van der Waals surface area contributed by atoms with Crippen molar-refractivity contribution < 1.29 is 4.79 Å². The summed E-state index contributed by atoms with van der Waals surface area (Å²) in [4.78, 5) is 22.7. The minimum absolute atomic E-state index is 0.0585. The number of anilines is 1. The van der Waals surface area contributed by atoms with Gasteiger partial charge in [0.2, 0.25) is 5.91 Å². The molecule has 0 spiro atoms. The van der Waals surface area contributed by atoms with E-state index in [0.717, 1.165) is 24.5 Å². The minimum atomic E-state index is -0.0585. The molecule has 1 N–H and O–H groups in total. The average molecular weight is 365 g/mol. The first-order valence-electron chi connectivity index (χ1n) is 7.85. The summed E-state index contributed by atoms with van der Waals surface area (Å²) in [6.45, 7) is 6.31. The molecule has 0 aliphatic heterocycles. The molecule has 0 unspecified atom stereocenters. The van der Waals surface area contributed by atoms with E-state index in [4.69, 9.17) is 11.6 Å². The first kappa shape index (κ1) is 18.5. The third-order valence-electron chi connectivity index (χ3n) is 3.41. The summed E-state index contributed by atoms with van der Waals surface area (Å²) in [6.07, 6.45) is 0. The molecule has 7 heteroatoms. The molecule has 1 amide bonds. The van der Waals surface area contributed by atoms with Crippen LogP contribution in [0.2, 0.25) is 5.15 Å². The van der Waals surface area contributed by atoms with Crippen molar-refractivity contribution in [2.45, 2.75) is 25.5 Å². The average Bonchev–Trinajstić information content (AvgIpc) is 2.60. The zero-order valence-corrected chi connectivity index (χ0v) is 15.4. The summed E-state index contributed by atoms with van der Waals surface area (Å²) in [5.74, 6) is 0.981. The second-order valence-corrected chi connectivity index (χ2v) is 6.38. The first-order chi connectivity index (χ1) is 11.6. The number of carbonyl (C=O) groups is 1. The summed E-state index contributed by atoms with van der Waals surface area (Å²) in [7, 11) is 0. The van der Waals surface area contributed by atoms with E-state index in [1.807, 2.05) is 30.3 Å².